The Balaban J connectivity index is 2.90. The highest BCUT2D eigenvalue weighted by atomic mass is 127. The van der Waals surface area contributed by atoms with Crippen LogP contribution < -0.4 is 0 Å². The summed E-state index contributed by atoms with van der Waals surface area (Å²) in [6, 6.07) is 4.88. The van der Waals surface area contributed by atoms with Gasteiger partial charge >= 0.3 is 11.5 Å². The fourth-order valence-corrected chi connectivity index (χ4v) is 2.90. The molecular formula is C11H10F3IO2S. The highest BCUT2D eigenvalue weighted by molar-refractivity contribution is 14.1. The predicted molar refractivity (Wildman–Crippen MR) is 71.4 cm³/mol. The number of halogens is 4. The molecule has 0 spiro atoms. The van der Waals surface area contributed by atoms with Gasteiger partial charge < -0.3 is 4.74 Å². The fraction of sp³-hybridized carbons (Fsp3) is 0.364. The summed E-state index contributed by atoms with van der Waals surface area (Å²) >= 11 is 1.71. The van der Waals surface area contributed by atoms with E-state index in [9.17, 15) is 18.0 Å². The molecule has 18 heavy (non-hydrogen) atoms. The standard InChI is InChI=1S/C11H10F3IO2S/c1-17-9(16)6-5-7-3-2-4-8(15)10(7)18-11(12,13)14/h2-4H,5-6H2,1H3. The molecule has 100 valence electrons. The first-order chi connectivity index (χ1) is 8.33. The van der Waals surface area contributed by atoms with Crippen LogP contribution in [-0.4, -0.2) is 18.6 Å². The quantitative estimate of drug-likeness (QED) is 0.442. The van der Waals surface area contributed by atoms with E-state index in [1.54, 1.807) is 18.2 Å². The number of alkyl halides is 3. The lowest BCUT2D eigenvalue weighted by atomic mass is 10.1. The van der Waals surface area contributed by atoms with Crippen LogP contribution >= 0.6 is 34.4 Å². The summed E-state index contributed by atoms with van der Waals surface area (Å²) in [6.45, 7) is 0. The van der Waals surface area contributed by atoms with Crippen LogP contribution in [0.25, 0.3) is 0 Å². The van der Waals surface area contributed by atoms with Crippen molar-refractivity contribution in [2.24, 2.45) is 0 Å². The average molecular weight is 390 g/mol. The lowest BCUT2D eigenvalue weighted by molar-refractivity contribution is -0.140. The SMILES string of the molecule is COC(=O)CCc1cccc(I)c1SC(F)(F)F. The van der Waals surface area contributed by atoms with Crippen LogP contribution in [0.1, 0.15) is 12.0 Å². The second kappa shape index (κ2) is 6.65. The van der Waals surface area contributed by atoms with Gasteiger partial charge in [-0.3, -0.25) is 4.79 Å². The third-order valence-electron chi connectivity index (χ3n) is 2.09. The van der Waals surface area contributed by atoms with E-state index in [-0.39, 0.29) is 29.5 Å². The van der Waals surface area contributed by atoms with Gasteiger partial charge in [-0.25, -0.2) is 0 Å². The Kier molecular flexibility index (Phi) is 5.77. The maximum Gasteiger partial charge on any atom is 0.446 e. The molecule has 0 aliphatic rings. The summed E-state index contributed by atoms with van der Waals surface area (Å²) in [6.07, 6.45) is 0.309. The van der Waals surface area contributed by atoms with Gasteiger partial charge in [-0.15, -0.1) is 0 Å². The van der Waals surface area contributed by atoms with Crippen molar-refractivity contribution in [1.29, 1.82) is 0 Å². The topological polar surface area (TPSA) is 26.3 Å². The van der Waals surface area contributed by atoms with Gasteiger partial charge in [0, 0.05) is 14.9 Å². The molecule has 1 aromatic carbocycles. The first-order valence-corrected chi connectivity index (χ1v) is 6.83. The Labute approximate surface area is 120 Å². The molecule has 0 saturated heterocycles. The van der Waals surface area contributed by atoms with E-state index in [4.69, 9.17) is 0 Å². The third kappa shape index (κ3) is 5.05. The molecule has 0 saturated carbocycles. The minimum Gasteiger partial charge on any atom is -0.469 e. The van der Waals surface area contributed by atoms with E-state index < -0.39 is 11.5 Å². The zero-order valence-corrected chi connectivity index (χ0v) is 12.4. The van der Waals surface area contributed by atoms with E-state index in [2.05, 4.69) is 4.74 Å². The molecule has 1 aromatic rings. The minimum atomic E-state index is -4.33. The van der Waals surface area contributed by atoms with Crippen molar-refractivity contribution in [3.8, 4) is 0 Å². The van der Waals surface area contributed by atoms with E-state index in [0.29, 0.717) is 9.13 Å². The second-order valence-corrected chi connectivity index (χ2v) is 5.59. The van der Waals surface area contributed by atoms with E-state index in [1.165, 1.54) is 7.11 Å². The smallest absolute Gasteiger partial charge is 0.446 e. The van der Waals surface area contributed by atoms with E-state index in [0.717, 1.165) is 0 Å². The molecule has 0 fully saturated rings. The number of aryl methyl sites for hydroxylation is 1. The van der Waals surface area contributed by atoms with Crippen molar-refractivity contribution in [2.45, 2.75) is 23.2 Å². The van der Waals surface area contributed by atoms with Gasteiger partial charge in [-0.2, -0.15) is 13.2 Å². The van der Waals surface area contributed by atoms with Crippen LogP contribution in [0.2, 0.25) is 0 Å². The summed E-state index contributed by atoms with van der Waals surface area (Å²) in [7, 11) is 1.25. The summed E-state index contributed by atoms with van der Waals surface area (Å²) in [5, 5.41) is 0. The zero-order valence-electron chi connectivity index (χ0n) is 9.38. The van der Waals surface area contributed by atoms with Crippen molar-refractivity contribution in [3.63, 3.8) is 0 Å². The summed E-state index contributed by atoms with van der Waals surface area (Å²) in [5.74, 6) is -0.434. The zero-order chi connectivity index (χ0) is 13.8. The molecule has 0 bridgehead atoms. The number of benzene rings is 1. The molecule has 0 aliphatic heterocycles. The number of thioether (sulfide) groups is 1. The lowest BCUT2D eigenvalue weighted by Crippen LogP contribution is -2.05. The molecule has 0 heterocycles. The van der Waals surface area contributed by atoms with Crippen LogP contribution in [0, 0.1) is 3.57 Å². The van der Waals surface area contributed by atoms with Crippen molar-refractivity contribution < 1.29 is 22.7 Å². The van der Waals surface area contributed by atoms with Crippen LogP contribution in [0.15, 0.2) is 23.1 Å². The van der Waals surface area contributed by atoms with Crippen molar-refractivity contribution in [3.05, 3.63) is 27.3 Å². The van der Waals surface area contributed by atoms with Gasteiger partial charge in [0.1, 0.15) is 0 Å². The van der Waals surface area contributed by atoms with Crippen LogP contribution in [-0.2, 0) is 16.0 Å². The maximum atomic E-state index is 12.4. The van der Waals surface area contributed by atoms with Crippen LogP contribution in [0.3, 0.4) is 0 Å². The van der Waals surface area contributed by atoms with Crippen LogP contribution in [0.4, 0.5) is 13.2 Å². The number of ether oxygens (including phenoxy) is 1. The highest BCUT2D eigenvalue weighted by Gasteiger charge is 2.31. The Bertz CT molecular complexity index is 435. The fourth-order valence-electron chi connectivity index (χ4n) is 1.32. The number of hydrogen-bond donors (Lipinski definition) is 0. The monoisotopic (exact) mass is 390 g/mol. The second-order valence-electron chi connectivity index (χ2n) is 3.35. The van der Waals surface area contributed by atoms with Crippen molar-refractivity contribution >= 4 is 40.3 Å². The van der Waals surface area contributed by atoms with E-state index in [1.807, 2.05) is 22.6 Å². The van der Waals surface area contributed by atoms with Gasteiger partial charge in [0.25, 0.3) is 0 Å². The number of carbonyl (C=O) groups excluding carboxylic acids is 1. The maximum absolute atomic E-state index is 12.4. The molecular weight excluding hydrogens is 380 g/mol. The first kappa shape index (κ1) is 15.6. The third-order valence-corrected chi connectivity index (χ3v) is 4.28. The van der Waals surface area contributed by atoms with E-state index >= 15 is 0 Å². The molecule has 7 heteroatoms. The molecule has 0 N–H and O–H groups in total. The largest absolute Gasteiger partial charge is 0.469 e. The average Bonchev–Trinajstić information content (AvgIpc) is 2.28. The molecule has 0 radical (unpaired) electrons. The highest BCUT2D eigenvalue weighted by Crippen LogP contribution is 2.41. The Morgan fingerprint density at radius 1 is 1.44 bits per heavy atom. The number of methoxy groups -OCH3 is 1. The Morgan fingerprint density at radius 2 is 2.11 bits per heavy atom. The van der Waals surface area contributed by atoms with Crippen molar-refractivity contribution in [2.75, 3.05) is 7.11 Å². The van der Waals surface area contributed by atoms with Crippen molar-refractivity contribution in [1.82, 2.24) is 0 Å². The Hall–Kier alpha value is -0.440. The molecule has 1 rings (SSSR count). The minimum absolute atomic E-state index is 0.0714. The number of hydrogen-bond acceptors (Lipinski definition) is 3. The molecule has 0 unspecified atom stereocenters. The molecule has 2 nitrogen and oxygen atoms in total. The predicted octanol–water partition coefficient (Wildman–Crippen LogP) is 4.01. The van der Waals surface area contributed by atoms with Gasteiger partial charge in [-0.05, 0) is 52.4 Å². The lowest BCUT2D eigenvalue weighted by Gasteiger charge is -2.12. The summed E-state index contributed by atoms with van der Waals surface area (Å²) in [5.41, 5.74) is -3.82. The molecule has 0 aromatic heterocycles. The number of rotatable bonds is 4. The summed E-state index contributed by atoms with van der Waals surface area (Å²) < 4.78 is 42.3. The van der Waals surface area contributed by atoms with Gasteiger partial charge in [0.2, 0.25) is 0 Å². The van der Waals surface area contributed by atoms with Gasteiger partial charge in [0.05, 0.1) is 7.11 Å². The number of carbonyl (C=O) groups is 1. The van der Waals surface area contributed by atoms with Gasteiger partial charge in [0.15, 0.2) is 0 Å². The summed E-state index contributed by atoms with van der Waals surface area (Å²) in [4.78, 5) is 11.2. The molecule has 0 atom stereocenters. The molecule has 0 aliphatic carbocycles. The molecule has 0 amide bonds. The first-order valence-electron chi connectivity index (χ1n) is 4.93. The van der Waals surface area contributed by atoms with Crippen LogP contribution in [0.5, 0.6) is 0 Å². The number of esters is 1. The normalized spacial score (nSPS) is 11.4. The Morgan fingerprint density at radius 3 is 2.67 bits per heavy atom. The van der Waals surface area contributed by atoms with Gasteiger partial charge in [-0.1, -0.05) is 12.1 Å².